The van der Waals surface area contributed by atoms with Crippen molar-refractivity contribution in [1.82, 2.24) is 5.32 Å². The summed E-state index contributed by atoms with van der Waals surface area (Å²) in [5, 5.41) is 2.99. The van der Waals surface area contributed by atoms with Crippen LogP contribution in [0.2, 0.25) is 0 Å². The predicted octanol–water partition coefficient (Wildman–Crippen LogP) is 0.436. The Hall–Kier alpha value is 0.870. The van der Waals surface area contributed by atoms with Gasteiger partial charge in [0.2, 0.25) is 0 Å². The average molecular weight is 329 g/mol. The van der Waals surface area contributed by atoms with Crippen LogP contribution >= 0.6 is 0 Å². The first-order valence-corrected chi connectivity index (χ1v) is 9.78. The molecule has 0 unspecified atom stereocenters. The van der Waals surface area contributed by atoms with E-state index in [4.69, 9.17) is 0 Å². The van der Waals surface area contributed by atoms with Gasteiger partial charge >= 0.3 is 29.6 Å². The summed E-state index contributed by atoms with van der Waals surface area (Å²) in [4.78, 5) is 0. The summed E-state index contributed by atoms with van der Waals surface area (Å²) in [7, 11) is -4.05. The van der Waals surface area contributed by atoms with Crippen LogP contribution in [0.15, 0.2) is 0 Å². The van der Waals surface area contributed by atoms with Crippen molar-refractivity contribution in [2.24, 2.45) is 0 Å². The van der Waals surface area contributed by atoms with Crippen molar-refractivity contribution in [2.45, 2.75) is 77.6 Å². The van der Waals surface area contributed by atoms with Gasteiger partial charge in [0.15, 0.2) is 0 Å². The average Bonchev–Trinajstić information content (AvgIpc) is 2.38. The molecule has 0 aromatic rings. The molecule has 6 heteroatoms. The largest absolute Gasteiger partial charge is 1.00 e. The third kappa shape index (κ3) is 23.3. The van der Waals surface area contributed by atoms with E-state index in [0.29, 0.717) is 0 Å². The van der Waals surface area contributed by atoms with Gasteiger partial charge in [0.05, 0.1) is 15.9 Å². The summed E-state index contributed by atoms with van der Waals surface area (Å²) in [5.41, 5.74) is 0. The topological polar surface area (TPSA) is 69.2 Å². The van der Waals surface area contributed by atoms with E-state index >= 15 is 0 Å². The van der Waals surface area contributed by atoms with Crippen LogP contribution in [0.4, 0.5) is 0 Å². The second-order valence-corrected chi connectivity index (χ2v) is 7.07. The zero-order valence-electron chi connectivity index (χ0n) is 14.0. The number of rotatable bonds is 15. The minimum Gasteiger partial charge on any atom is -0.748 e. The Morgan fingerprint density at radius 1 is 0.762 bits per heavy atom. The van der Waals surface area contributed by atoms with Crippen LogP contribution in [0.5, 0.6) is 0 Å². The van der Waals surface area contributed by atoms with Crippen molar-refractivity contribution >= 4 is 10.1 Å². The van der Waals surface area contributed by atoms with Crippen LogP contribution in [-0.4, -0.2) is 31.8 Å². The quantitative estimate of drug-likeness (QED) is 0.269. The standard InChI is InChI=1S/C15H33NO3S.Na/c1-2-3-4-5-6-7-8-9-10-11-12-13-16-14-15-20(17,18)19;/h16H,2-15H2,1H3,(H,17,18,19);/q;+1/p-1. The smallest absolute Gasteiger partial charge is 0.748 e. The molecule has 0 rings (SSSR count). The van der Waals surface area contributed by atoms with Gasteiger partial charge in [0.1, 0.15) is 0 Å². The van der Waals surface area contributed by atoms with Crippen LogP contribution < -0.4 is 34.9 Å². The molecule has 21 heavy (non-hydrogen) atoms. The summed E-state index contributed by atoms with van der Waals surface area (Å²) in [6.07, 6.45) is 14.4. The Labute approximate surface area is 153 Å². The first kappa shape index (κ1) is 24.1. The minimum absolute atomic E-state index is 0. The molecule has 122 valence electrons. The SMILES string of the molecule is CCCCCCCCCCCCCNCCS(=O)(=O)[O-].[Na+]. The molecule has 0 saturated carbocycles. The second kappa shape index (κ2) is 17.2. The Morgan fingerprint density at radius 2 is 1.19 bits per heavy atom. The van der Waals surface area contributed by atoms with Gasteiger partial charge in [-0.25, -0.2) is 8.42 Å². The molecule has 0 aromatic heterocycles. The molecular weight excluding hydrogens is 297 g/mol. The summed E-state index contributed by atoms with van der Waals surface area (Å²) in [6, 6.07) is 0. The Bertz CT molecular complexity index is 297. The molecule has 0 aliphatic heterocycles. The van der Waals surface area contributed by atoms with E-state index in [-0.39, 0.29) is 41.9 Å². The van der Waals surface area contributed by atoms with E-state index in [1.807, 2.05) is 0 Å². The molecule has 0 bridgehead atoms. The van der Waals surface area contributed by atoms with Gasteiger partial charge in [-0.15, -0.1) is 0 Å². The van der Waals surface area contributed by atoms with E-state index in [0.717, 1.165) is 13.0 Å². The molecule has 0 atom stereocenters. The molecule has 0 fully saturated rings. The van der Waals surface area contributed by atoms with Gasteiger partial charge in [0.25, 0.3) is 0 Å². The zero-order chi connectivity index (χ0) is 15.1. The fourth-order valence-electron chi connectivity index (χ4n) is 2.24. The fourth-order valence-corrected chi connectivity index (χ4v) is 2.63. The molecule has 0 aliphatic rings. The summed E-state index contributed by atoms with van der Waals surface area (Å²) < 4.78 is 31.1. The zero-order valence-corrected chi connectivity index (χ0v) is 16.8. The van der Waals surface area contributed by atoms with Crippen molar-refractivity contribution in [3.05, 3.63) is 0 Å². The van der Waals surface area contributed by atoms with Crippen LogP contribution in [-0.2, 0) is 10.1 Å². The molecule has 0 spiro atoms. The molecule has 0 saturated heterocycles. The van der Waals surface area contributed by atoms with E-state index < -0.39 is 10.1 Å². The summed E-state index contributed by atoms with van der Waals surface area (Å²) in [6.45, 7) is 3.34. The predicted molar refractivity (Wildman–Crippen MR) is 83.9 cm³/mol. The van der Waals surface area contributed by atoms with E-state index in [9.17, 15) is 13.0 Å². The Kier molecular flexibility index (Phi) is 19.8. The van der Waals surface area contributed by atoms with E-state index in [2.05, 4.69) is 12.2 Å². The molecule has 0 aromatic carbocycles. The van der Waals surface area contributed by atoms with Gasteiger partial charge in [-0.3, -0.25) is 0 Å². The van der Waals surface area contributed by atoms with Crippen LogP contribution in [0, 0.1) is 0 Å². The molecule has 0 aliphatic carbocycles. The monoisotopic (exact) mass is 329 g/mol. The third-order valence-electron chi connectivity index (χ3n) is 3.49. The minimum atomic E-state index is -4.05. The van der Waals surface area contributed by atoms with Gasteiger partial charge in [0, 0.05) is 6.54 Å². The first-order valence-electron chi connectivity index (χ1n) is 8.20. The van der Waals surface area contributed by atoms with Crippen molar-refractivity contribution in [3.63, 3.8) is 0 Å². The van der Waals surface area contributed by atoms with Crippen LogP contribution in [0.25, 0.3) is 0 Å². The summed E-state index contributed by atoms with van der Waals surface area (Å²) in [5.74, 6) is -0.301. The number of hydrogen-bond donors (Lipinski definition) is 1. The van der Waals surface area contributed by atoms with Crippen LogP contribution in [0.3, 0.4) is 0 Å². The first-order chi connectivity index (χ1) is 9.56. The molecule has 1 N–H and O–H groups in total. The maximum absolute atomic E-state index is 10.4. The number of unbranched alkanes of at least 4 members (excludes halogenated alkanes) is 10. The van der Waals surface area contributed by atoms with Crippen molar-refractivity contribution in [3.8, 4) is 0 Å². The summed E-state index contributed by atoms with van der Waals surface area (Å²) >= 11 is 0. The second-order valence-electron chi connectivity index (χ2n) is 5.55. The molecule has 0 amide bonds. The van der Waals surface area contributed by atoms with E-state index in [1.165, 1.54) is 64.2 Å². The van der Waals surface area contributed by atoms with Gasteiger partial charge in [-0.05, 0) is 13.0 Å². The van der Waals surface area contributed by atoms with Crippen LogP contribution in [0.1, 0.15) is 77.6 Å². The number of hydrogen-bond acceptors (Lipinski definition) is 4. The Balaban J connectivity index is 0. The van der Waals surface area contributed by atoms with E-state index in [1.54, 1.807) is 0 Å². The van der Waals surface area contributed by atoms with Crippen molar-refractivity contribution < 1.29 is 42.5 Å². The molecule has 0 radical (unpaired) electrons. The normalized spacial score (nSPS) is 11.3. The van der Waals surface area contributed by atoms with Gasteiger partial charge < -0.3 is 9.87 Å². The maximum Gasteiger partial charge on any atom is 1.00 e. The van der Waals surface area contributed by atoms with Crippen molar-refractivity contribution in [2.75, 3.05) is 18.8 Å². The van der Waals surface area contributed by atoms with Gasteiger partial charge in [-0.1, -0.05) is 71.1 Å². The van der Waals surface area contributed by atoms with Gasteiger partial charge in [-0.2, -0.15) is 0 Å². The maximum atomic E-state index is 10.4. The number of nitrogens with one attached hydrogen (secondary N) is 1. The molecule has 4 nitrogen and oxygen atoms in total. The van der Waals surface area contributed by atoms with Crippen molar-refractivity contribution in [1.29, 1.82) is 0 Å². The molecule has 0 heterocycles. The third-order valence-corrected chi connectivity index (χ3v) is 4.19. The Morgan fingerprint density at radius 3 is 1.62 bits per heavy atom. The molecular formula is C15H32NNaO3S. The fraction of sp³-hybridized carbons (Fsp3) is 1.00.